The van der Waals surface area contributed by atoms with E-state index in [4.69, 9.17) is 4.74 Å². The van der Waals surface area contributed by atoms with Gasteiger partial charge in [-0.05, 0) is 30.5 Å². The topological polar surface area (TPSA) is 62.7 Å². The number of fused-ring (bicyclic) bond motifs is 1. The van der Waals surface area contributed by atoms with E-state index in [1.807, 2.05) is 34.1 Å². The van der Waals surface area contributed by atoms with Crippen LogP contribution in [0.15, 0.2) is 36.7 Å². The summed E-state index contributed by atoms with van der Waals surface area (Å²) in [5.74, 6) is -0.534. The predicted molar refractivity (Wildman–Crippen MR) is 89.4 cm³/mol. The van der Waals surface area contributed by atoms with Crippen LogP contribution in [0, 0.1) is 11.8 Å². The van der Waals surface area contributed by atoms with Crippen molar-refractivity contribution in [2.24, 2.45) is 11.8 Å². The Labute approximate surface area is 146 Å². The molecule has 0 radical (unpaired) electrons. The number of hydrogen-bond acceptors (Lipinski definition) is 4. The maximum Gasteiger partial charge on any atom is 0.230 e. The van der Waals surface area contributed by atoms with E-state index in [1.54, 1.807) is 12.4 Å². The Hall–Kier alpha value is -2.21. The first kappa shape index (κ1) is 15.1. The van der Waals surface area contributed by atoms with Crippen LogP contribution in [0.3, 0.4) is 0 Å². The second kappa shape index (κ2) is 5.39. The van der Waals surface area contributed by atoms with Gasteiger partial charge >= 0.3 is 0 Å². The quantitative estimate of drug-likeness (QED) is 0.755. The van der Waals surface area contributed by atoms with Crippen LogP contribution in [-0.2, 0) is 20.7 Å². The highest BCUT2D eigenvalue weighted by Gasteiger charge is 2.67. The van der Waals surface area contributed by atoms with Crippen molar-refractivity contribution in [3.63, 3.8) is 0 Å². The lowest BCUT2D eigenvalue weighted by Gasteiger charge is -2.35. The van der Waals surface area contributed by atoms with Crippen LogP contribution in [0.4, 0.5) is 0 Å². The first-order valence-electron chi connectivity index (χ1n) is 9.02. The molecule has 0 aromatic carbocycles. The standard InChI is InChI=1S/C19H21N3O3/c23-17(21-9-1-10-21)15-14-2-6-19(25-14)12-22(18(24)16(15)19)11-5-13-3-7-20-8-4-13/h2-4,6-8,14-16H,1,5,9-12H2/t14-,15+,16+,19-/m0/s1. The van der Waals surface area contributed by atoms with E-state index >= 15 is 0 Å². The minimum atomic E-state index is -0.592. The van der Waals surface area contributed by atoms with Gasteiger partial charge in [-0.1, -0.05) is 12.2 Å². The van der Waals surface area contributed by atoms with Gasteiger partial charge in [0.05, 0.1) is 24.5 Å². The maximum absolute atomic E-state index is 13.1. The van der Waals surface area contributed by atoms with E-state index in [0.717, 1.165) is 31.5 Å². The van der Waals surface area contributed by atoms with Crippen LogP contribution in [0.2, 0.25) is 0 Å². The molecule has 2 amide bonds. The molecule has 6 nitrogen and oxygen atoms in total. The number of pyridine rings is 1. The van der Waals surface area contributed by atoms with Crippen LogP contribution in [-0.4, -0.2) is 64.5 Å². The van der Waals surface area contributed by atoms with Crippen LogP contribution in [0.25, 0.3) is 0 Å². The molecule has 4 aliphatic heterocycles. The monoisotopic (exact) mass is 339 g/mol. The lowest BCUT2D eigenvalue weighted by Crippen LogP contribution is -2.50. The van der Waals surface area contributed by atoms with Gasteiger partial charge in [-0.2, -0.15) is 0 Å². The SMILES string of the molecule is O=C([C@@H]1[C@@H]2C=C[C@@]3(CN(CCc4ccncc4)C(=O)[C@@H]13)O2)N1CCC1. The number of carbonyl (C=O) groups is 2. The summed E-state index contributed by atoms with van der Waals surface area (Å²) in [6.45, 7) is 2.82. The fourth-order valence-corrected chi connectivity index (χ4v) is 4.61. The zero-order chi connectivity index (χ0) is 17.0. The molecular weight excluding hydrogens is 318 g/mol. The molecule has 0 aliphatic carbocycles. The molecule has 5 rings (SSSR count). The van der Waals surface area contributed by atoms with Crippen LogP contribution in [0.1, 0.15) is 12.0 Å². The highest BCUT2D eigenvalue weighted by atomic mass is 16.5. The molecule has 130 valence electrons. The minimum absolute atomic E-state index is 0.0692. The van der Waals surface area contributed by atoms with Gasteiger partial charge in [-0.3, -0.25) is 14.6 Å². The molecule has 4 atom stereocenters. The second-order valence-electron chi connectivity index (χ2n) is 7.44. The average molecular weight is 339 g/mol. The number of amides is 2. The Morgan fingerprint density at radius 2 is 2.12 bits per heavy atom. The van der Waals surface area contributed by atoms with Crippen LogP contribution in [0.5, 0.6) is 0 Å². The van der Waals surface area contributed by atoms with Crippen molar-refractivity contribution < 1.29 is 14.3 Å². The van der Waals surface area contributed by atoms with Crippen molar-refractivity contribution in [2.75, 3.05) is 26.2 Å². The fourth-order valence-electron chi connectivity index (χ4n) is 4.61. The van der Waals surface area contributed by atoms with E-state index in [-0.39, 0.29) is 29.8 Å². The van der Waals surface area contributed by atoms with Crippen molar-refractivity contribution in [1.29, 1.82) is 0 Å². The molecule has 3 fully saturated rings. The molecule has 1 aromatic rings. The lowest BCUT2D eigenvalue weighted by atomic mass is 9.76. The summed E-state index contributed by atoms with van der Waals surface area (Å²) < 4.78 is 6.16. The summed E-state index contributed by atoms with van der Waals surface area (Å²) in [7, 11) is 0. The number of carbonyl (C=O) groups excluding carboxylic acids is 2. The molecule has 25 heavy (non-hydrogen) atoms. The molecular formula is C19H21N3O3. The van der Waals surface area contributed by atoms with E-state index < -0.39 is 5.60 Å². The smallest absolute Gasteiger partial charge is 0.230 e. The minimum Gasteiger partial charge on any atom is -0.360 e. The van der Waals surface area contributed by atoms with E-state index in [2.05, 4.69) is 4.98 Å². The zero-order valence-electron chi connectivity index (χ0n) is 14.0. The Morgan fingerprint density at radius 3 is 2.84 bits per heavy atom. The van der Waals surface area contributed by atoms with Crippen molar-refractivity contribution in [3.8, 4) is 0 Å². The molecule has 0 N–H and O–H groups in total. The lowest BCUT2D eigenvalue weighted by molar-refractivity contribution is -0.145. The van der Waals surface area contributed by atoms with E-state index in [9.17, 15) is 9.59 Å². The molecule has 6 heteroatoms. The fraction of sp³-hybridized carbons (Fsp3) is 0.526. The summed E-state index contributed by atoms with van der Waals surface area (Å²) in [6.07, 6.45) is 9.15. The van der Waals surface area contributed by atoms with Gasteiger partial charge in [-0.15, -0.1) is 0 Å². The summed E-state index contributed by atoms with van der Waals surface area (Å²) in [6, 6.07) is 3.94. The molecule has 3 saturated heterocycles. The van der Waals surface area contributed by atoms with Crippen molar-refractivity contribution in [1.82, 2.24) is 14.8 Å². The third-order valence-electron chi connectivity index (χ3n) is 6.05. The Bertz CT molecular complexity index is 746. The summed E-state index contributed by atoms with van der Waals surface area (Å²) in [5, 5.41) is 0. The third-order valence-corrected chi connectivity index (χ3v) is 6.05. The molecule has 0 unspecified atom stereocenters. The number of aromatic nitrogens is 1. The third kappa shape index (κ3) is 2.16. The van der Waals surface area contributed by atoms with Gasteiger partial charge in [0, 0.05) is 32.0 Å². The Kier molecular flexibility index (Phi) is 3.25. The van der Waals surface area contributed by atoms with E-state index in [0.29, 0.717) is 13.1 Å². The molecule has 4 aliphatic rings. The summed E-state index contributed by atoms with van der Waals surface area (Å²) in [4.78, 5) is 33.6. The van der Waals surface area contributed by atoms with Crippen LogP contribution >= 0.6 is 0 Å². The number of likely N-dealkylation sites (tertiary alicyclic amines) is 2. The number of nitrogens with zero attached hydrogens (tertiary/aromatic N) is 3. The molecule has 1 spiro atoms. The first-order chi connectivity index (χ1) is 12.2. The molecule has 2 bridgehead atoms. The first-order valence-corrected chi connectivity index (χ1v) is 9.02. The van der Waals surface area contributed by atoms with Gasteiger partial charge < -0.3 is 14.5 Å². The Balaban J connectivity index is 1.35. The molecule has 0 saturated carbocycles. The highest BCUT2D eigenvalue weighted by molar-refractivity contribution is 5.93. The van der Waals surface area contributed by atoms with Crippen molar-refractivity contribution in [2.45, 2.75) is 24.5 Å². The van der Waals surface area contributed by atoms with Gasteiger partial charge in [0.15, 0.2) is 0 Å². The highest BCUT2D eigenvalue weighted by Crippen LogP contribution is 2.52. The summed E-state index contributed by atoms with van der Waals surface area (Å²) in [5.41, 5.74) is 0.567. The van der Waals surface area contributed by atoms with Gasteiger partial charge in [0.1, 0.15) is 5.60 Å². The van der Waals surface area contributed by atoms with Crippen molar-refractivity contribution >= 4 is 11.8 Å². The number of ether oxygens (including phenoxy) is 1. The normalized spacial score (nSPS) is 35.2. The number of hydrogen-bond donors (Lipinski definition) is 0. The molecule has 1 aromatic heterocycles. The average Bonchev–Trinajstić information content (AvgIpc) is 3.21. The molecule has 5 heterocycles. The van der Waals surface area contributed by atoms with E-state index in [1.165, 1.54) is 0 Å². The maximum atomic E-state index is 13.1. The van der Waals surface area contributed by atoms with Gasteiger partial charge in [0.2, 0.25) is 11.8 Å². The van der Waals surface area contributed by atoms with Crippen LogP contribution < -0.4 is 0 Å². The van der Waals surface area contributed by atoms with Gasteiger partial charge in [0.25, 0.3) is 0 Å². The number of rotatable bonds is 4. The second-order valence-corrected chi connectivity index (χ2v) is 7.44. The Morgan fingerprint density at radius 1 is 1.32 bits per heavy atom. The largest absolute Gasteiger partial charge is 0.360 e. The zero-order valence-corrected chi connectivity index (χ0v) is 14.0. The van der Waals surface area contributed by atoms with Gasteiger partial charge in [-0.25, -0.2) is 0 Å². The summed E-state index contributed by atoms with van der Waals surface area (Å²) >= 11 is 0. The predicted octanol–water partition coefficient (Wildman–Crippen LogP) is 0.638. The van der Waals surface area contributed by atoms with Crippen molar-refractivity contribution in [3.05, 3.63) is 42.2 Å².